The van der Waals surface area contributed by atoms with Gasteiger partial charge in [-0.15, -0.1) is 0 Å². The SMILES string of the molecule is CCCN(C(=O)C(N)CC)C(C)C. The van der Waals surface area contributed by atoms with Crippen molar-refractivity contribution in [3.63, 3.8) is 0 Å². The quantitative estimate of drug-likeness (QED) is 0.705. The molecule has 1 amide bonds. The van der Waals surface area contributed by atoms with E-state index >= 15 is 0 Å². The van der Waals surface area contributed by atoms with Crippen molar-refractivity contribution in [2.75, 3.05) is 6.54 Å². The van der Waals surface area contributed by atoms with E-state index in [-0.39, 0.29) is 18.0 Å². The number of hydrogen-bond acceptors (Lipinski definition) is 2. The molecule has 78 valence electrons. The maximum atomic E-state index is 11.7. The highest BCUT2D eigenvalue weighted by atomic mass is 16.2. The second-order valence-electron chi connectivity index (χ2n) is 3.64. The topological polar surface area (TPSA) is 46.3 Å². The van der Waals surface area contributed by atoms with E-state index in [4.69, 9.17) is 5.73 Å². The largest absolute Gasteiger partial charge is 0.339 e. The molecule has 1 atom stereocenters. The van der Waals surface area contributed by atoms with E-state index in [1.807, 2.05) is 25.7 Å². The molecule has 1 unspecified atom stereocenters. The van der Waals surface area contributed by atoms with Gasteiger partial charge in [-0.25, -0.2) is 0 Å². The lowest BCUT2D eigenvalue weighted by atomic mass is 10.2. The molecule has 0 fully saturated rings. The smallest absolute Gasteiger partial charge is 0.239 e. The van der Waals surface area contributed by atoms with Gasteiger partial charge in [-0.05, 0) is 26.7 Å². The summed E-state index contributed by atoms with van der Waals surface area (Å²) >= 11 is 0. The number of nitrogens with zero attached hydrogens (tertiary/aromatic N) is 1. The fraction of sp³-hybridized carbons (Fsp3) is 0.900. The third-order valence-corrected chi connectivity index (χ3v) is 2.13. The van der Waals surface area contributed by atoms with Crippen molar-refractivity contribution in [1.29, 1.82) is 0 Å². The Morgan fingerprint density at radius 3 is 2.23 bits per heavy atom. The summed E-state index contributed by atoms with van der Waals surface area (Å²) < 4.78 is 0. The molecular formula is C10H22N2O. The number of carbonyl (C=O) groups excluding carboxylic acids is 1. The van der Waals surface area contributed by atoms with Gasteiger partial charge in [0.05, 0.1) is 6.04 Å². The van der Waals surface area contributed by atoms with Crippen LogP contribution in [0.2, 0.25) is 0 Å². The van der Waals surface area contributed by atoms with Gasteiger partial charge in [0.2, 0.25) is 5.91 Å². The van der Waals surface area contributed by atoms with Crippen LogP contribution in [-0.2, 0) is 4.79 Å². The van der Waals surface area contributed by atoms with Crippen LogP contribution in [0.5, 0.6) is 0 Å². The molecule has 0 saturated heterocycles. The van der Waals surface area contributed by atoms with Crippen molar-refractivity contribution in [1.82, 2.24) is 4.90 Å². The molecule has 13 heavy (non-hydrogen) atoms. The monoisotopic (exact) mass is 186 g/mol. The number of amides is 1. The first kappa shape index (κ1) is 12.4. The number of rotatable bonds is 5. The normalized spacial score (nSPS) is 13.1. The zero-order valence-corrected chi connectivity index (χ0v) is 9.21. The molecule has 0 bridgehead atoms. The van der Waals surface area contributed by atoms with E-state index in [0.29, 0.717) is 6.42 Å². The van der Waals surface area contributed by atoms with Gasteiger partial charge in [-0.3, -0.25) is 4.79 Å². The van der Waals surface area contributed by atoms with E-state index in [1.54, 1.807) is 0 Å². The molecule has 0 radical (unpaired) electrons. The van der Waals surface area contributed by atoms with Gasteiger partial charge in [0, 0.05) is 12.6 Å². The van der Waals surface area contributed by atoms with E-state index in [0.717, 1.165) is 13.0 Å². The molecular weight excluding hydrogens is 164 g/mol. The number of hydrogen-bond donors (Lipinski definition) is 1. The first-order chi connectivity index (χ1) is 6.04. The maximum absolute atomic E-state index is 11.7. The molecule has 2 N–H and O–H groups in total. The highest BCUT2D eigenvalue weighted by Gasteiger charge is 2.20. The lowest BCUT2D eigenvalue weighted by Crippen LogP contribution is -2.46. The van der Waals surface area contributed by atoms with Crippen molar-refractivity contribution in [3.05, 3.63) is 0 Å². The van der Waals surface area contributed by atoms with Gasteiger partial charge in [0.15, 0.2) is 0 Å². The van der Waals surface area contributed by atoms with Crippen LogP contribution in [0.25, 0.3) is 0 Å². The summed E-state index contributed by atoms with van der Waals surface area (Å²) in [6.45, 7) is 8.86. The highest BCUT2D eigenvalue weighted by molar-refractivity contribution is 5.81. The molecule has 0 spiro atoms. The summed E-state index contributed by atoms with van der Waals surface area (Å²) in [7, 11) is 0. The van der Waals surface area contributed by atoms with Crippen LogP contribution in [0, 0.1) is 0 Å². The van der Waals surface area contributed by atoms with Gasteiger partial charge < -0.3 is 10.6 Å². The van der Waals surface area contributed by atoms with Crippen LogP contribution in [0.1, 0.15) is 40.5 Å². The van der Waals surface area contributed by atoms with Gasteiger partial charge in [-0.2, -0.15) is 0 Å². The van der Waals surface area contributed by atoms with Gasteiger partial charge >= 0.3 is 0 Å². The lowest BCUT2D eigenvalue weighted by molar-refractivity contribution is -0.134. The Hall–Kier alpha value is -0.570. The van der Waals surface area contributed by atoms with Gasteiger partial charge in [-0.1, -0.05) is 13.8 Å². The standard InChI is InChI=1S/C10H22N2O/c1-5-7-12(8(3)4)10(13)9(11)6-2/h8-9H,5-7,11H2,1-4H3. The Morgan fingerprint density at radius 2 is 1.92 bits per heavy atom. The Labute approximate surface area is 81.3 Å². The van der Waals surface area contributed by atoms with Crippen molar-refractivity contribution in [2.45, 2.75) is 52.6 Å². The van der Waals surface area contributed by atoms with Crippen LogP contribution in [0.4, 0.5) is 0 Å². The molecule has 3 heteroatoms. The molecule has 0 aliphatic carbocycles. The molecule has 0 saturated carbocycles. The fourth-order valence-corrected chi connectivity index (χ4v) is 1.25. The second-order valence-corrected chi connectivity index (χ2v) is 3.64. The van der Waals surface area contributed by atoms with E-state index in [1.165, 1.54) is 0 Å². The summed E-state index contributed by atoms with van der Waals surface area (Å²) in [4.78, 5) is 13.6. The van der Waals surface area contributed by atoms with Crippen molar-refractivity contribution < 1.29 is 4.79 Å². The van der Waals surface area contributed by atoms with Crippen LogP contribution >= 0.6 is 0 Å². The molecule has 3 nitrogen and oxygen atoms in total. The van der Waals surface area contributed by atoms with E-state index in [2.05, 4.69) is 6.92 Å². The minimum atomic E-state index is -0.325. The van der Waals surface area contributed by atoms with Crippen molar-refractivity contribution >= 4 is 5.91 Å². The zero-order chi connectivity index (χ0) is 10.4. The minimum Gasteiger partial charge on any atom is -0.339 e. The molecule has 0 heterocycles. The molecule has 0 aromatic rings. The predicted molar refractivity (Wildman–Crippen MR) is 55.4 cm³/mol. The molecule has 0 aliphatic heterocycles. The molecule has 0 aromatic carbocycles. The Balaban J connectivity index is 4.27. The van der Waals surface area contributed by atoms with E-state index in [9.17, 15) is 4.79 Å². The van der Waals surface area contributed by atoms with Crippen LogP contribution in [0.15, 0.2) is 0 Å². The summed E-state index contributed by atoms with van der Waals surface area (Å²) in [6, 6.07) is -0.0704. The summed E-state index contributed by atoms with van der Waals surface area (Å²) in [6.07, 6.45) is 1.70. The van der Waals surface area contributed by atoms with Crippen LogP contribution in [0.3, 0.4) is 0 Å². The average molecular weight is 186 g/mol. The molecule has 0 rings (SSSR count). The maximum Gasteiger partial charge on any atom is 0.239 e. The summed E-state index contributed by atoms with van der Waals surface area (Å²) in [5.41, 5.74) is 5.69. The molecule has 0 aromatic heterocycles. The third-order valence-electron chi connectivity index (χ3n) is 2.13. The van der Waals surface area contributed by atoms with Crippen molar-refractivity contribution in [2.24, 2.45) is 5.73 Å². The Bertz CT molecular complexity index is 157. The Kier molecular flexibility index (Phi) is 5.71. The van der Waals surface area contributed by atoms with E-state index < -0.39 is 0 Å². The fourth-order valence-electron chi connectivity index (χ4n) is 1.25. The second kappa shape index (κ2) is 5.97. The highest BCUT2D eigenvalue weighted by Crippen LogP contribution is 2.03. The van der Waals surface area contributed by atoms with Crippen molar-refractivity contribution in [3.8, 4) is 0 Å². The first-order valence-corrected chi connectivity index (χ1v) is 5.10. The van der Waals surface area contributed by atoms with Gasteiger partial charge in [0.1, 0.15) is 0 Å². The zero-order valence-electron chi connectivity index (χ0n) is 9.21. The average Bonchev–Trinajstić information content (AvgIpc) is 2.11. The van der Waals surface area contributed by atoms with Gasteiger partial charge in [0.25, 0.3) is 0 Å². The number of nitrogens with two attached hydrogens (primary N) is 1. The number of carbonyl (C=O) groups is 1. The first-order valence-electron chi connectivity index (χ1n) is 5.10. The minimum absolute atomic E-state index is 0.0827. The van der Waals surface area contributed by atoms with Crippen LogP contribution < -0.4 is 5.73 Å². The lowest BCUT2D eigenvalue weighted by Gasteiger charge is -2.28. The molecule has 0 aliphatic rings. The predicted octanol–water partition coefficient (Wildman–Crippen LogP) is 1.37. The Morgan fingerprint density at radius 1 is 1.38 bits per heavy atom. The summed E-state index contributed by atoms with van der Waals surface area (Å²) in [5.74, 6) is 0.0827. The van der Waals surface area contributed by atoms with Crippen LogP contribution in [-0.4, -0.2) is 29.4 Å². The third kappa shape index (κ3) is 3.77. The summed E-state index contributed by atoms with van der Waals surface area (Å²) in [5, 5.41) is 0.